The van der Waals surface area contributed by atoms with Crippen LogP contribution in [0, 0.1) is 0 Å². The first-order valence-corrected chi connectivity index (χ1v) is 8.15. The quantitative estimate of drug-likeness (QED) is 0.454. The summed E-state index contributed by atoms with van der Waals surface area (Å²) >= 11 is 5.87. The molecule has 2 rings (SSSR count). The largest absolute Gasteiger partial charge is 0.461 e. The molecule has 20 heavy (non-hydrogen) atoms. The van der Waals surface area contributed by atoms with Gasteiger partial charge in [-0.2, -0.15) is 0 Å². The lowest BCUT2D eigenvalue weighted by atomic mass is 9.98. The van der Waals surface area contributed by atoms with Crippen molar-refractivity contribution in [3.63, 3.8) is 0 Å². The van der Waals surface area contributed by atoms with E-state index in [0.29, 0.717) is 0 Å². The van der Waals surface area contributed by atoms with Crippen LogP contribution >= 0.6 is 11.6 Å². The van der Waals surface area contributed by atoms with Crippen molar-refractivity contribution < 1.29 is 19.1 Å². The second-order valence-corrected chi connectivity index (χ2v) is 6.19. The van der Waals surface area contributed by atoms with Gasteiger partial charge in [-0.1, -0.05) is 24.4 Å². The van der Waals surface area contributed by atoms with E-state index in [2.05, 4.69) is 0 Å². The second kappa shape index (κ2) is 7.87. The van der Waals surface area contributed by atoms with E-state index in [-0.39, 0.29) is 12.2 Å². The normalized spacial score (nSPS) is 21.7. The van der Waals surface area contributed by atoms with Gasteiger partial charge in [0.1, 0.15) is 12.2 Å². The lowest BCUT2D eigenvalue weighted by Gasteiger charge is -2.24. The van der Waals surface area contributed by atoms with E-state index in [1.165, 1.54) is 12.8 Å². The number of halogens is 1. The van der Waals surface area contributed by atoms with Crippen molar-refractivity contribution in [3.8, 4) is 0 Å². The first-order valence-electron chi connectivity index (χ1n) is 7.72. The highest BCUT2D eigenvalue weighted by Crippen LogP contribution is 2.23. The molecule has 0 saturated heterocycles. The van der Waals surface area contributed by atoms with E-state index < -0.39 is 17.3 Å². The summed E-state index contributed by atoms with van der Waals surface area (Å²) in [4.78, 5) is 23.7. The van der Waals surface area contributed by atoms with E-state index in [0.717, 1.165) is 51.4 Å². The third-order valence-corrected chi connectivity index (χ3v) is 4.44. The highest BCUT2D eigenvalue weighted by molar-refractivity contribution is 6.39. The molecular weight excluding hydrogens is 280 g/mol. The molecule has 0 heterocycles. The average molecular weight is 303 g/mol. The molecule has 5 heteroatoms. The maximum Gasteiger partial charge on any atom is 0.335 e. The molecule has 4 nitrogen and oxygen atoms in total. The van der Waals surface area contributed by atoms with Crippen molar-refractivity contribution in [2.75, 3.05) is 0 Å². The summed E-state index contributed by atoms with van der Waals surface area (Å²) in [5.41, 5.74) is 0. The maximum atomic E-state index is 11.8. The van der Waals surface area contributed by atoms with Crippen LogP contribution in [0.25, 0.3) is 0 Å². The van der Waals surface area contributed by atoms with Gasteiger partial charge < -0.3 is 9.47 Å². The van der Waals surface area contributed by atoms with Gasteiger partial charge in [-0.15, -0.1) is 0 Å². The lowest BCUT2D eigenvalue weighted by molar-refractivity contribution is -0.161. The molecule has 0 bridgehead atoms. The summed E-state index contributed by atoms with van der Waals surface area (Å²) in [5, 5.41) is -1.32. The maximum absolute atomic E-state index is 11.8. The molecule has 0 amide bonds. The van der Waals surface area contributed by atoms with E-state index in [1.807, 2.05) is 0 Å². The minimum atomic E-state index is -1.32. The van der Waals surface area contributed by atoms with E-state index >= 15 is 0 Å². The van der Waals surface area contributed by atoms with Crippen molar-refractivity contribution >= 4 is 23.5 Å². The van der Waals surface area contributed by atoms with Crippen molar-refractivity contribution in [3.05, 3.63) is 0 Å². The van der Waals surface area contributed by atoms with Gasteiger partial charge >= 0.3 is 11.9 Å². The lowest BCUT2D eigenvalue weighted by Crippen LogP contribution is -2.35. The summed E-state index contributed by atoms with van der Waals surface area (Å²) < 4.78 is 10.6. The van der Waals surface area contributed by atoms with Crippen LogP contribution in [0.15, 0.2) is 0 Å². The Morgan fingerprint density at radius 1 is 0.750 bits per heavy atom. The van der Waals surface area contributed by atoms with Crippen LogP contribution in [0.5, 0.6) is 0 Å². The third kappa shape index (κ3) is 4.65. The van der Waals surface area contributed by atoms with Crippen molar-refractivity contribution in [1.82, 2.24) is 0 Å². The summed E-state index contributed by atoms with van der Waals surface area (Å²) in [6.45, 7) is 0. The van der Waals surface area contributed by atoms with Gasteiger partial charge in [-0.05, 0) is 51.4 Å². The standard InChI is InChI=1S/C15H23ClO4/c16-13(14(17)19-11-7-3-1-4-8-11)15(18)20-12-9-5-2-6-10-12/h11-13H,1-10H2. The Hall–Kier alpha value is -0.770. The molecule has 2 aliphatic rings. The number of alkyl halides is 1. The Kier molecular flexibility index (Phi) is 6.14. The molecule has 0 atom stereocenters. The highest BCUT2D eigenvalue weighted by atomic mass is 35.5. The van der Waals surface area contributed by atoms with Gasteiger partial charge in [0, 0.05) is 0 Å². The molecule has 2 aliphatic carbocycles. The number of hydrogen-bond acceptors (Lipinski definition) is 4. The summed E-state index contributed by atoms with van der Waals surface area (Å²) in [6.07, 6.45) is 9.94. The molecule has 0 aromatic carbocycles. The minimum Gasteiger partial charge on any atom is -0.461 e. The Morgan fingerprint density at radius 3 is 1.45 bits per heavy atom. The summed E-state index contributed by atoms with van der Waals surface area (Å²) in [7, 11) is 0. The Morgan fingerprint density at radius 2 is 1.10 bits per heavy atom. The van der Waals surface area contributed by atoms with Crippen LogP contribution in [0.2, 0.25) is 0 Å². The topological polar surface area (TPSA) is 52.6 Å². The SMILES string of the molecule is O=C(OC1CCCCC1)C(Cl)C(=O)OC1CCCCC1. The number of esters is 2. The zero-order valence-electron chi connectivity index (χ0n) is 11.8. The van der Waals surface area contributed by atoms with E-state index in [9.17, 15) is 9.59 Å². The van der Waals surface area contributed by atoms with Gasteiger partial charge in [0.15, 0.2) is 0 Å². The van der Waals surface area contributed by atoms with E-state index in [4.69, 9.17) is 21.1 Å². The Bertz CT molecular complexity index is 301. The van der Waals surface area contributed by atoms with Crippen LogP contribution in [0.1, 0.15) is 64.2 Å². The first-order chi connectivity index (χ1) is 9.66. The third-order valence-electron chi connectivity index (χ3n) is 4.08. The predicted octanol–water partition coefficient (Wildman–Crippen LogP) is 3.35. The van der Waals surface area contributed by atoms with Crippen molar-refractivity contribution in [2.24, 2.45) is 0 Å². The predicted molar refractivity (Wildman–Crippen MR) is 75.6 cm³/mol. The summed E-state index contributed by atoms with van der Waals surface area (Å²) in [5.74, 6) is -1.31. The van der Waals surface area contributed by atoms with Gasteiger partial charge in [0.25, 0.3) is 0 Å². The fourth-order valence-corrected chi connectivity index (χ4v) is 3.01. The van der Waals surface area contributed by atoms with Crippen LogP contribution < -0.4 is 0 Å². The van der Waals surface area contributed by atoms with Crippen molar-refractivity contribution in [1.29, 1.82) is 0 Å². The molecule has 114 valence electrons. The van der Waals surface area contributed by atoms with Gasteiger partial charge in [0.05, 0.1) is 0 Å². The Labute approximate surface area is 125 Å². The summed E-state index contributed by atoms with van der Waals surface area (Å²) in [6, 6.07) is 0. The minimum absolute atomic E-state index is 0.0834. The fraction of sp³-hybridized carbons (Fsp3) is 0.867. The van der Waals surface area contributed by atoms with E-state index in [1.54, 1.807) is 0 Å². The second-order valence-electron chi connectivity index (χ2n) is 5.76. The number of carbonyl (C=O) groups is 2. The molecule has 0 aromatic heterocycles. The van der Waals surface area contributed by atoms with Crippen LogP contribution in [-0.2, 0) is 19.1 Å². The number of carbonyl (C=O) groups excluding carboxylic acids is 2. The average Bonchev–Trinajstić information content (AvgIpc) is 2.48. The van der Waals surface area contributed by atoms with Gasteiger partial charge in [-0.25, -0.2) is 9.59 Å². The monoisotopic (exact) mass is 302 g/mol. The number of rotatable bonds is 4. The molecular formula is C15H23ClO4. The smallest absolute Gasteiger partial charge is 0.335 e. The molecule has 0 radical (unpaired) electrons. The van der Waals surface area contributed by atoms with Gasteiger partial charge in [0.2, 0.25) is 5.38 Å². The van der Waals surface area contributed by atoms with Gasteiger partial charge in [-0.3, -0.25) is 0 Å². The fourth-order valence-electron chi connectivity index (χ4n) is 2.91. The van der Waals surface area contributed by atoms with Crippen LogP contribution in [-0.4, -0.2) is 29.5 Å². The number of hydrogen-bond donors (Lipinski definition) is 0. The van der Waals surface area contributed by atoms with Crippen LogP contribution in [0.3, 0.4) is 0 Å². The first kappa shape index (κ1) is 15.6. The molecule has 0 N–H and O–H groups in total. The zero-order valence-corrected chi connectivity index (χ0v) is 12.6. The molecule has 0 unspecified atom stereocenters. The molecule has 0 aromatic rings. The highest BCUT2D eigenvalue weighted by Gasteiger charge is 2.32. The number of ether oxygens (including phenoxy) is 2. The molecule has 2 fully saturated rings. The molecule has 2 saturated carbocycles. The zero-order chi connectivity index (χ0) is 14.4. The Balaban J connectivity index is 1.74. The van der Waals surface area contributed by atoms with Crippen LogP contribution in [0.4, 0.5) is 0 Å². The molecule has 0 spiro atoms. The van der Waals surface area contributed by atoms with Crippen molar-refractivity contribution in [2.45, 2.75) is 81.8 Å². The molecule has 0 aliphatic heterocycles.